The molecule has 5 heteroatoms. The number of aromatic nitrogens is 1. The molecule has 4 rings (SSSR count). The number of hydrogen-bond donors (Lipinski definition) is 0. The highest BCUT2D eigenvalue weighted by molar-refractivity contribution is 5.94. The molecular weight excluding hydrogens is 314 g/mol. The van der Waals surface area contributed by atoms with Crippen molar-refractivity contribution in [3.8, 4) is 0 Å². The summed E-state index contributed by atoms with van der Waals surface area (Å²) in [5.41, 5.74) is 0.419. The first kappa shape index (κ1) is 16.7. The van der Waals surface area contributed by atoms with Gasteiger partial charge in [0.2, 0.25) is 5.91 Å². The lowest BCUT2D eigenvalue weighted by Crippen LogP contribution is -2.51. The second kappa shape index (κ2) is 6.19. The van der Waals surface area contributed by atoms with Crippen LogP contribution in [0.2, 0.25) is 0 Å². The molecule has 2 saturated heterocycles. The molecule has 3 heterocycles. The number of carbonyl (C=O) groups is 2. The second-order valence-electron chi connectivity index (χ2n) is 8.45. The van der Waals surface area contributed by atoms with Crippen LogP contribution in [0.5, 0.6) is 0 Å². The molecule has 25 heavy (non-hydrogen) atoms. The molecule has 3 fully saturated rings. The zero-order valence-corrected chi connectivity index (χ0v) is 15.4. The number of rotatable bonds is 4. The van der Waals surface area contributed by atoms with Crippen LogP contribution in [-0.4, -0.2) is 52.4 Å². The molecule has 1 saturated carbocycles. The lowest BCUT2D eigenvalue weighted by atomic mass is 9.78. The summed E-state index contributed by atoms with van der Waals surface area (Å²) in [6.07, 6.45) is 7.33. The summed E-state index contributed by atoms with van der Waals surface area (Å²) in [5, 5.41) is 0. The highest BCUT2D eigenvalue weighted by Gasteiger charge is 2.50. The van der Waals surface area contributed by atoms with Gasteiger partial charge in [0.1, 0.15) is 5.69 Å². The second-order valence-corrected chi connectivity index (χ2v) is 8.45. The van der Waals surface area contributed by atoms with Crippen molar-refractivity contribution < 1.29 is 9.59 Å². The molecule has 1 atom stereocenters. The Hall–Kier alpha value is -1.78. The van der Waals surface area contributed by atoms with Gasteiger partial charge in [-0.05, 0) is 64.0 Å². The Kier molecular flexibility index (Phi) is 4.13. The van der Waals surface area contributed by atoms with E-state index < -0.39 is 0 Å². The monoisotopic (exact) mass is 343 g/mol. The van der Waals surface area contributed by atoms with Crippen LogP contribution >= 0.6 is 0 Å². The minimum absolute atomic E-state index is 0.0719. The summed E-state index contributed by atoms with van der Waals surface area (Å²) in [5.74, 6) is 1.11. The summed E-state index contributed by atoms with van der Waals surface area (Å²) in [7, 11) is 0. The fourth-order valence-electron chi connectivity index (χ4n) is 4.55. The molecule has 0 radical (unpaired) electrons. The van der Waals surface area contributed by atoms with Crippen molar-refractivity contribution in [2.75, 3.05) is 26.2 Å². The fourth-order valence-corrected chi connectivity index (χ4v) is 4.55. The minimum atomic E-state index is -0.321. The van der Waals surface area contributed by atoms with Gasteiger partial charge < -0.3 is 14.4 Å². The first-order valence-corrected chi connectivity index (χ1v) is 9.76. The number of nitrogens with zero attached hydrogens (tertiary/aromatic N) is 3. The molecule has 1 spiro atoms. The predicted octanol–water partition coefficient (Wildman–Crippen LogP) is 2.93. The van der Waals surface area contributed by atoms with Gasteiger partial charge >= 0.3 is 0 Å². The number of hydrogen-bond acceptors (Lipinski definition) is 2. The molecule has 5 nitrogen and oxygen atoms in total. The number of likely N-dealkylation sites (tertiary alicyclic amines) is 2. The van der Waals surface area contributed by atoms with Crippen molar-refractivity contribution in [3.63, 3.8) is 0 Å². The van der Waals surface area contributed by atoms with E-state index in [1.165, 1.54) is 12.8 Å². The minimum Gasteiger partial charge on any atom is -0.342 e. The van der Waals surface area contributed by atoms with E-state index in [-0.39, 0.29) is 17.4 Å². The van der Waals surface area contributed by atoms with Crippen molar-refractivity contribution in [1.82, 2.24) is 14.4 Å². The van der Waals surface area contributed by atoms with Gasteiger partial charge in [-0.1, -0.05) is 0 Å². The number of piperidine rings is 1. The van der Waals surface area contributed by atoms with Gasteiger partial charge in [-0.15, -0.1) is 0 Å². The summed E-state index contributed by atoms with van der Waals surface area (Å²) >= 11 is 0. The first-order valence-electron chi connectivity index (χ1n) is 9.76. The standard InChI is InChI=1S/C20H29N3O2/c1-15(2)23-11-3-5-17(23)18(24)22-12-9-20(14-22)8-4-10-21(19(20)25)13-16-6-7-16/h3,5,11,15-16H,4,6-10,12-14H2,1-2H3/t20-/m1/s1. The van der Waals surface area contributed by atoms with E-state index in [1.807, 2.05) is 27.8 Å². The Morgan fingerprint density at radius 1 is 1.28 bits per heavy atom. The average molecular weight is 343 g/mol. The molecule has 1 aromatic heterocycles. The Morgan fingerprint density at radius 2 is 2.08 bits per heavy atom. The molecule has 3 aliphatic rings. The van der Waals surface area contributed by atoms with Crippen LogP contribution in [0.15, 0.2) is 18.3 Å². The third-order valence-corrected chi connectivity index (χ3v) is 6.20. The zero-order chi connectivity index (χ0) is 17.6. The van der Waals surface area contributed by atoms with Gasteiger partial charge in [-0.2, -0.15) is 0 Å². The lowest BCUT2D eigenvalue weighted by molar-refractivity contribution is -0.145. The molecule has 136 valence electrons. The molecule has 0 aromatic carbocycles. The van der Waals surface area contributed by atoms with Crippen molar-refractivity contribution in [1.29, 1.82) is 0 Å². The summed E-state index contributed by atoms with van der Waals surface area (Å²) in [6, 6.07) is 4.09. The maximum atomic E-state index is 13.1. The summed E-state index contributed by atoms with van der Waals surface area (Å²) < 4.78 is 2.02. The molecular formula is C20H29N3O2. The van der Waals surface area contributed by atoms with Crippen LogP contribution in [0.25, 0.3) is 0 Å². The number of amides is 2. The normalized spacial score (nSPS) is 26.9. The van der Waals surface area contributed by atoms with Crippen LogP contribution in [-0.2, 0) is 4.79 Å². The van der Waals surface area contributed by atoms with Crippen LogP contribution < -0.4 is 0 Å². The lowest BCUT2D eigenvalue weighted by Gasteiger charge is -2.39. The molecule has 2 amide bonds. The summed E-state index contributed by atoms with van der Waals surface area (Å²) in [6.45, 7) is 7.30. The third kappa shape index (κ3) is 2.98. The van der Waals surface area contributed by atoms with Gasteiger partial charge in [0, 0.05) is 38.4 Å². The van der Waals surface area contributed by atoms with Gasteiger partial charge in [0.05, 0.1) is 5.41 Å². The van der Waals surface area contributed by atoms with Gasteiger partial charge in [-0.3, -0.25) is 9.59 Å². The van der Waals surface area contributed by atoms with E-state index in [0.29, 0.717) is 19.0 Å². The van der Waals surface area contributed by atoms with E-state index >= 15 is 0 Å². The number of carbonyl (C=O) groups excluding carboxylic acids is 2. The van der Waals surface area contributed by atoms with Gasteiger partial charge in [-0.25, -0.2) is 0 Å². The van der Waals surface area contributed by atoms with E-state index in [9.17, 15) is 9.59 Å². The first-order chi connectivity index (χ1) is 12.0. The molecule has 1 aliphatic carbocycles. The van der Waals surface area contributed by atoms with Crippen LogP contribution in [0, 0.1) is 11.3 Å². The SMILES string of the molecule is CC(C)n1cccc1C(=O)N1CC[C@]2(CCCN(CC3CC3)C2=O)C1. The zero-order valence-electron chi connectivity index (χ0n) is 15.4. The highest BCUT2D eigenvalue weighted by Crippen LogP contribution is 2.42. The summed E-state index contributed by atoms with van der Waals surface area (Å²) in [4.78, 5) is 30.1. The van der Waals surface area contributed by atoms with E-state index in [1.54, 1.807) is 0 Å². The van der Waals surface area contributed by atoms with E-state index in [4.69, 9.17) is 0 Å². The smallest absolute Gasteiger partial charge is 0.270 e. The predicted molar refractivity (Wildman–Crippen MR) is 96.3 cm³/mol. The molecule has 1 aromatic rings. The Morgan fingerprint density at radius 3 is 2.80 bits per heavy atom. The van der Waals surface area contributed by atoms with Crippen LogP contribution in [0.4, 0.5) is 0 Å². The topological polar surface area (TPSA) is 45.6 Å². The quantitative estimate of drug-likeness (QED) is 0.844. The molecule has 2 aliphatic heterocycles. The average Bonchev–Trinajstić information content (AvgIpc) is 3.11. The van der Waals surface area contributed by atoms with Crippen LogP contribution in [0.3, 0.4) is 0 Å². The Balaban J connectivity index is 1.49. The van der Waals surface area contributed by atoms with Gasteiger partial charge in [0.15, 0.2) is 0 Å². The Labute approximate surface area is 150 Å². The third-order valence-electron chi connectivity index (χ3n) is 6.20. The maximum Gasteiger partial charge on any atom is 0.270 e. The van der Waals surface area contributed by atoms with E-state index in [0.717, 1.165) is 44.0 Å². The fraction of sp³-hybridized carbons (Fsp3) is 0.700. The van der Waals surface area contributed by atoms with E-state index in [2.05, 4.69) is 18.7 Å². The highest BCUT2D eigenvalue weighted by atomic mass is 16.2. The van der Waals surface area contributed by atoms with Crippen LogP contribution in [0.1, 0.15) is 62.5 Å². The van der Waals surface area contributed by atoms with Crippen molar-refractivity contribution >= 4 is 11.8 Å². The molecule has 0 bridgehead atoms. The van der Waals surface area contributed by atoms with Gasteiger partial charge in [0.25, 0.3) is 5.91 Å². The van der Waals surface area contributed by atoms with Crippen molar-refractivity contribution in [2.45, 2.75) is 52.0 Å². The van der Waals surface area contributed by atoms with Crippen molar-refractivity contribution in [3.05, 3.63) is 24.0 Å². The largest absolute Gasteiger partial charge is 0.342 e. The van der Waals surface area contributed by atoms with Crippen molar-refractivity contribution in [2.24, 2.45) is 11.3 Å². The molecule has 0 N–H and O–H groups in total. The maximum absolute atomic E-state index is 13.1. The Bertz CT molecular complexity index is 676. The molecule has 0 unspecified atom stereocenters.